The van der Waals surface area contributed by atoms with Crippen LogP contribution >= 0.6 is 77.0 Å². The van der Waals surface area contributed by atoms with Crippen LogP contribution in [0.2, 0.25) is 0 Å². The van der Waals surface area contributed by atoms with Gasteiger partial charge in [0, 0.05) is 48.7 Å². The summed E-state index contributed by atoms with van der Waals surface area (Å²) >= 11 is 11.4. The lowest BCUT2D eigenvalue weighted by atomic mass is 10.2. The Morgan fingerprint density at radius 3 is 1.70 bits per heavy atom. The van der Waals surface area contributed by atoms with E-state index in [0.29, 0.717) is 30.9 Å². The van der Waals surface area contributed by atoms with Crippen molar-refractivity contribution in [3.05, 3.63) is 62.6 Å². The number of halogens is 4. The van der Waals surface area contributed by atoms with E-state index in [1.165, 1.54) is 0 Å². The van der Waals surface area contributed by atoms with Gasteiger partial charge in [-0.15, -0.1) is 0 Å². The number of nitrogens with zero attached hydrogens (tertiary/aromatic N) is 9. The second kappa shape index (κ2) is 12.8. The molecule has 0 aliphatic rings. The van der Waals surface area contributed by atoms with Gasteiger partial charge in [-0.1, -0.05) is 13.8 Å². The lowest BCUT2D eigenvalue weighted by Gasteiger charge is -2.01. The topological polar surface area (TPSA) is 138 Å². The van der Waals surface area contributed by atoms with Crippen LogP contribution in [0.5, 0.6) is 0 Å². The molecule has 4 aromatic rings. The monoisotopic (exact) mass is 856 g/mol. The van der Waals surface area contributed by atoms with Gasteiger partial charge in [0.05, 0.1) is 13.1 Å². The Morgan fingerprint density at radius 1 is 0.919 bits per heavy atom. The summed E-state index contributed by atoms with van der Waals surface area (Å²) < 4.78 is 10.6. The molecular formula is C22H24Br2I2N10O. The number of aromatic nitrogens is 8. The van der Waals surface area contributed by atoms with E-state index >= 15 is 0 Å². The first-order valence-electron chi connectivity index (χ1n) is 11.1. The molecule has 0 radical (unpaired) electrons. The van der Waals surface area contributed by atoms with E-state index in [0.717, 1.165) is 45.3 Å². The number of carbonyl (C=O) groups is 1. The predicted molar refractivity (Wildman–Crippen MR) is 162 cm³/mol. The summed E-state index contributed by atoms with van der Waals surface area (Å²) in [6, 6.07) is 2.13. The minimum atomic E-state index is -0.503. The van der Waals surface area contributed by atoms with Crippen molar-refractivity contribution in [2.45, 2.75) is 39.8 Å². The van der Waals surface area contributed by atoms with Gasteiger partial charge in [0.25, 0.3) is 5.91 Å². The number of rotatable bonds is 7. The molecule has 0 atom stereocenters. The SMILES string of the molecule is CCc1c(C#N)nn(Cc2cn(C)nc2I)c1Br.CCc1c(C(N)=O)nn(Cc2cn(C)nc2I)c1Br. The molecule has 0 aliphatic heterocycles. The van der Waals surface area contributed by atoms with Crippen molar-refractivity contribution in [2.24, 2.45) is 19.8 Å². The van der Waals surface area contributed by atoms with Gasteiger partial charge >= 0.3 is 0 Å². The molecule has 2 N–H and O–H groups in total. The summed E-state index contributed by atoms with van der Waals surface area (Å²) in [5.41, 5.74) is 10.1. The molecule has 0 aromatic carbocycles. The number of amides is 1. The standard InChI is InChI=1S/C11H13BrIN5O.C11H11BrIN5/c1-3-7-8(11(14)19)15-18(9(7)12)5-6-4-17(2)16-10(6)13;1-3-8-9(4-14)15-18(10(8)12)6-7-5-17(2)16-11(7)13/h4H,3,5H2,1-2H3,(H2,14,19);5H,3,6H2,1-2H3. The lowest BCUT2D eigenvalue weighted by Crippen LogP contribution is -2.14. The highest BCUT2D eigenvalue weighted by Crippen LogP contribution is 2.24. The maximum atomic E-state index is 11.4. The molecule has 4 aromatic heterocycles. The Labute approximate surface area is 258 Å². The van der Waals surface area contributed by atoms with Gasteiger partial charge < -0.3 is 5.73 Å². The minimum absolute atomic E-state index is 0.327. The molecule has 37 heavy (non-hydrogen) atoms. The highest BCUT2D eigenvalue weighted by atomic mass is 127. The van der Waals surface area contributed by atoms with Gasteiger partial charge in [-0.05, 0) is 89.9 Å². The fraction of sp³-hybridized carbons (Fsp3) is 0.364. The molecule has 196 valence electrons. The summed E-state index contributed by atoms with van der Waals surface area (Å²) in [5, 5.41) is 26.2. The zero-order valence-electron chi connectivity index (χ0n) is 20.5. The van der Waals surface area contributed by atoms with E-state index in [4.69, 9.17) is 11.0 Å². The van der Waals surface area contributed by atoms with Crippen LogP contribution in [0.25, 0.3) is 0 Å². The molecule has 0 saturated heterocycles. The summed E-state index contributed by atoms with van der Waals surface area (Å²) in [6.45, 7) is 5.14. The van der Waals surface area contributed by atoms with Crippen LogP contribution in [0.4, 0.5) is 0 Å². The third kappa shape index (κ3) is 6.81. The van der Waals surface area contributed by atoms with Crippen molar-refractivity contribution in [1.82, 2.24) is 39.1 Å². The average molecular weight is 858 g/mol. The van der Waals surface area contributed by atoms with Crippen LogP contribution in [-0.2, 0) is 40.0 Å². The van der Waals surface area contributed by atoms with Crippen molar-refractivity contribution >= 4 is 82.9 Å². The maximum absolute atomic E-state index is 11.4. The van der Waals surface area contributed by atoms with Crippen molar-refractivity contribution in [3.63, 3.8) is 0 Å². The van der Waals surface area contributed by atoms with Crippen LogP contribution < -0.4 is 5.73 Å². The maximum Gasteiger partial charge on any atom is 0.269 e. The van der Waals surface area contributed by atoms with Crippen LogP contribution in [0.15, 0.2) is 21.6 Å². The van der Waals surface area contributed by atoms with Crippen LogP contribution in [0, 0.1) is 18.7 Å². The quantitative estimate of drug-likeness (QED) is 0.278. The summed E-state index contributed by atoms with van der Waals surface area (Å²) in [5.74, 6) is -0.503. The molecule has 0 spiro atoms. The number of hydrogen-bond donors (Lipinski definition) is 1. The average Bonchev–Trinajstić information content (AvgIpc) is 3.54. The van der Waals surface area contributed by atoms with E-state index in [1.54, 1.807) is 18.7 Å². The molecule has 0 fully saturated rings. The largest absolute Gasteiger partial charge is 0.364 e. The molecular weight excluding hydrogens is 834 g/mol. The van der Waals surface area contributed by atoms with Crippen molar-refractivity contribution in [2.75, 3.05) is 0 Å². The zero-order valence-corrected chi connectivity index (χ0v) is 28.0. The van der Waals surface area contributed by atoms with E-state index in [1.807, 2.05) is 40.3 Å². The molecule has 11 nitrogen and oxygen atoms in total. The Morgan fingerprint density at radius 2 is 1.38 bits per heavy atom. The van der Waals surface area contributed by atoms with Crippen LogP contribution in [-0.4, -0.2) is 45.0 Å². The van der Waals surface area contributed by atoms with Gasteiger partial charge in [-0.2, -0.15) is 25.7 Å². The number of carbonyl (C=O) groups excluding carboxylic acids is 1. The van der Waals surface area contributed by atoms with Crippen LogP contribution in [0.1, 0.15) is 52.3 Å². The first kappa shape index (κ1) is 29.8. The van der Waals surface area contributed by atoms with Crippen LogP contribution in [0.3, 0.4) is 0 Å². The Kier molecular flexibility index (Phi) is 10.3. The summed E-state index contributed by atoms with van der Waals surface area (Å²) in [7, 11) is 3.76. The summed E-state index contributed by atoms with van der Waals surface area (Å²) in [4.78, 5) is 11.4. The third-order valence-corrected chi connectivity index (χ3v) is 8.95. The molecule has 0 saturated carbocycles. The number of aryl methyl sites for hydroxylation is 2. The first-order chi connectivity index (χ1) is 17.5. The van der Waals surface area contributed by atoms with Gasteiger partial charge in [0.1, 0.15) is 22.7 Å². The molecule has 0 aliphatic carbocycles. The second-order valence-electron chi connectivity index (χ2n) is 7.97. The normalized spacial score (nSPS) is 10.8. The van der Waals surface area contributed by atoms with E-state index in [9.17, 15) is 4.79 Å². The molecule has 4 rings (SSSR count). The first-order valence-corrected chi connectivity index (χ1v) is 14.8. The lowest BCUT2D eigenvalue weighted by molar-refractivity contribution is 0.0994. The Bertz CT molecular complexity index is 1480. The number of hydrogen-bond acceptors (Lipinski definition) is 6. The molecule has 0 bridgehead atoms. The molecule has 0 unspecified atom stereocenters. The summed E-state index contributed by atoms with van der Waals surface area (Å²) in [6.07, 6.45) is 5.38. The molecule has 15 heteroatoms. The number of nitriles is 1. The van der Waals surface area contributed by atoms with E-state index < -0.39 is 5.91 Å². The van der Waals surface area contributed by atoms with Gasteiger partial charge in [-0.25, -0.2) is 0 Å². The van der Waals surface area contributed by atoms with Gasteiger partial charge in [0.15, 0.2) is 11.4 Å². The number of nitrogens with two attached hydrogens (primary N) is 1. The van der Waals surface area contributed by atoms with Gasteiger partial charge in [0.2, 0.25) is 0 Å². The fourth-order valence-electron chi connectivity index (χ4n) is 3.64. The number of primary amides is 1. The highest BCUT2D eigenvalue weighted by molar-refractivity contribution is 14.1. The predicted octanol–water partition coefficient (Wildman–Crippen LogP) is 4.16. The Balaban J connectivity index is 0.000000206. The van der Waals surface area contributed by atoms with E-state index in [2.05, 4.69) is 104 Å². The zero-order chi connectivity index (χ0) is 27.4. The smallest absolute Gasteiger partial charge is 0.269 e. The Hall–Kier alpha value is -1.78. The molecule has 1 amide bonds. The molecule has 4 heterocycles. The fourth-order valence-corrected chi connectivity index (χ4v) is 6.28. The second-order valence-corrected chi connectivity index (χ2v) is 11.5. The minimum Gasteiger partial charge on any atom is -0.364 e. The van der Waals surface area contributed by atoms with Crippen molar-refractivity contribution in [1.29, 1.82) is 5.26 Å². The van der Waals surface area contributed by atoms with E-state index in [-0.39, 0.29) is 0 Å². The van der Waals surface area contributed by atoms with Crippen molar-refractivity contribution in [3.8, 4) is 6.07 Å². The third-order valence-electron chi connectivity index (χ3n) is 5.36. The highest BCUT2D eigenvalue weighted by Gasteiger charge is 2.19. The van der Waals surface area contributed by atoms with Gasteiger partial charge in [-0.3, -0.25) is 23.5 Å². The van der Waals surface area contributed by atoms with Crippen molar-refractivity contribution < 1.29 is 4.79 Å².